The predicted molar refractivity (Wildman–Crippen MR) is 108 cm³/mol. The van der Waals surface area contributed by atoms with Crippen LogP contribution in [0.4, 0.5) is 5.69 Å². The summed E-state index contributed by atoms with van der Waals surface area (Å²) in [7, 11) is -1.05. The average molecular weight is 408 g/mol. The highest BCUT2D eigenvalue weighted by atomic mass is 32.2. The standard InChI is InChI=1S/C18H25N5O2S2/c1-20-17(15-7-12-27(24,25)13-15)19-23(18(20)26)14-21-8-10-22(11-9-21)16-5-3-2-4-6-16/h2-6,15H,7-14H2,1H3/t15-/m0/s1. The van der Waals surface area contributed by atoms with Crippen molar-refractivity contribution < 1.29 is 8.42 Å². The van der Waals surface area contributed by atoms with Crippen molar-refractivity contribution in [1.29, 1.82) is 0 Å². The van der Waals surface area contributed by atoms with Gasteiger partial charge < -0.3 is 9.47 Å². The molecule has 1 aromatic heterocycles. The number of piperazine rings is 1. The van der Waals surface area contributed by atoms with Crippen molar-refractivity contribution in [2.45, 2.75) is 19.0 Å². The van der Waals surface area contributed by atoms with Gasteiger partial charge in [-0.3, -0.25) is 4.90 Å². The molecular formula is C18H25N5O2S2. The lowest BCUT2D eigenvalue weighted by Gasteiger charge is -2.35. The molecule has 4 rings (SSSR count). The summed E-state index contributed by atoms with van der Waals surface area (Å²) < 4.78 is 28.0. The van der Waals surface area contributed by atoms with Crippen molar-refractivity contribution in [3.63, 3.8) is 0 Å². The van der Waals surface area contributed by atoms with Gasteiger partial charge >= 0.3 is 0 Å². The van der Waals surface area contributed by atoms with Crippen molar-refractivity contribution in [1.82, 2.24) is 19.2 Å². The number of sulfone groups is 1. The van der Waals surface area contributed by atoms with E-state index >= 15 is 0 Å². The molecule has 7 nitrogen and oxygen atoms in total. The molecule has 146 valence electrons. The first-order valence-electron chi connectivity index (χ1n) is 9.29. The van der Waals surface area contributed by atoms with Gasteiger partial charge in [0, 0.05) is 44.8 Å². The topological polar surface area (TPSA) is 63.4 Å². The number of benzene rings is 1. The van der Waals surface area contributed by atoms with Gasteiger partial charge in [0.2, 0.25) is 0 Å². The number of aromatic nitrogens is 3. The lowest BCUT2D eigenvalue weighted by Crippen LogP contribution is -2.47. The van der Waals surface area contributed by atoms with E-state index in [1.807, 2.05) is 22.4 Å². The molecule has 2 aliphatic heterocycles. The summed E-state index contributed by atoms with van der Waals surface area (Å²) in [5, 5.41) is 4.68. The van der Waals surface area contributed by atoms with Crippen molar-refractivity contribution in [2.75, 3.05) is 42.6 Å². The van der Waals surface area contributed by atoms with E-state index in [0.717, 1.165) is 32.0 Å². The SMILES string of the molecule is Cn1c([C@H]2CCS(=O)(=O)C2)nn(CN2CCN(c3ccccc3)CC2)c1=S. The Hall–Kier alpha value is -1.71. The van der Waals surface area contributed by atoms with E-state index < -0.39 is 9.84 Å². The summed E-state index contributed by atoms with van der Waals surface area (Å²) in [5.74, 6) is 1.18. The van der Waals surface area contributed by atoms with Crippen LogP contribution in [0.1, 0.15) is 18.2 Å². The van der Waals surface area contributed by atoms with Gasteiger partial charge in [0.05, 0.1) is 18.2 Å². The van der Waals surface area contributed by atoms with Crippen molar-refractivity contribution >= 4 is 27.7 Å². The Morgan fingerprint density at radius 2 is 1.85 bits per heavy atom. The number of hydrogen-bond donors (Lipinski definition) is 0. The van der Waals surface area contributed by atoms with Gasteiger partial charge in [-0.1, -0.05) is 18.2 Å². The van der Waals surface area contributed by atoms with E-state index in [2.05, 4.69) is 39.2 Å². The molecule has 0 N–H and O–H groups in total. The van der Waals surface area contributed by atoms with Crippen LogP contribution in [-0.4, -0.2) is 65.4 Å². The van der Waals surface area contributed by atoms with Gasteiger partial charge in [-0.2, -0.15) is 5.10 Å². The molecule has 1 aromatic carbocycles. The van der Waals surface area contributed by atoms with Crippen LogP contribution in [0.2, 0.25) is 0 Å². The molecular weight excluding hydrogens is 382 g/mol. The number of anilines is 1. The normalized spacial score (nSPS) is 23.0. The Bertz CT molecular complexity index is 959. The van der Waals surface area contributed by atoms with E-state index in [1.165, 1.54) is 5.69 Å². The van der Waals surface area contributed by atoms with E-state index in [9.17, 15) is 8.42 Å². The van der Waals surface area contributed by atoms with Crippen LogP contribution in [0.25, 0.3) is 0 Å². The van der Waals surface area contributed by atoms with Gasteiger partial charge in [-0.05, 0) is 30.8 Å². The lowest BCUT2D eigenvalue weighted by molar-refractivity contribution is 0.194. The number of rotatable bonds is 4. The monoisotopic (exact) mass is 407 g/mol. The summed E-state index contributed by atoms with van der Waals surface area (Å²) in [5.41, 5.74) is 1.26. The van der Waals surface area contributed by atoms with Gasteiger partial charge in [0.1, 0.15) is 5.82 Å². The summed E-state index contributed by atoms with van der Waals surface area (Å²) in [6.07, 6.45) is 0.637. The molecule has 27 heavy (non-hydrogen) atoms. The smallest absolute Gasteiger partial charge is 0.198 e. The summed E-state index contributed by atoms with van der Waals surface area (Å²) in [6.45, 7) is 4.48. The molecule has 2 aromatic rings. The molecule has 2 aliphatic rings. The highest BCUT2D eigenvalue weighted by Gasteiger charge is 2.32. The van der Waals surface area contributed by atoms with Gasteiger partial charge in [0.15, 0.2) is 14.6 Å². The Labute approximate surface area is 165 Å². The third kappa shape index (κ3) is 3.95. The first kappa shape index (κ1) is 18.6. The molecule has 3 heterocycles. The summed E-state index contributed by atoms with van der Waals surface area (Å²) in [4.78, 5) is 4.74. The molecule has 0 spiro atoms. The first-order chi connectivity index (χ1) is 12.9. The highest BCUT2D eigenvalue weighted by molar-refractivity contribution is 7.91. The Morgan fingerprint density at radius 3 is 2.48 bits per heavy atom. The average Bonchev–Trinajstić information content (AvgIpc) is 3.17. The number of hydrogen-bond acceptors (Lipinski definition) is 6. The Kier molecular flexibility index (Phi) is 5.09. The molecule has 0 unspecified atom stereocenters. The molecule has 0 bridgehead atoms. The minimum Gasteiger partial charge on any atom is -0.369 e. The molecule has 2 fully saturated rings. The predicted octanol–water partition coefficient (Wildman–Crippen LogP) is 1.63. The summed E-state index contributed by atoms with van der Waals surface area (Å²) >= 11 is 5.55. The maximum absolute atomic E-state index is 11.8. The number of para-hydroxylation sites is 1. The largest absolute Gasteiger partial charge is 0.369 e. The third-order valence-corrected chi connectivity index (χ3v) is 7.75. The maximum Gasteiger partial charge on any atom is 0.198 e. The number of nitrogens with zero attached hydrogens (tertiary/aromatic N) is 5. The maximum atomic E-state index is 11.8. The highest BCUT2D eigenvalue weighted by Crippen LogP contribution is 2.27. The van der Waals surface area contributed by atoms with Crippen molar-refractivity contribution in [3.05, 3.63) is 40.9 Å². The van der Waals surface area contributed by atoms with E-state index in [0.29, 0.717) is 17.9 Å². The fraction of sp³-hybridized carbons (Fsp3) is 0.556. The van der Waals surface area contributed by atoms with Gasteiger partial charge in [-0.25, -0.2) is 13.1 Å². The van der Waals surface area contributed by atoms with Gasteiger partial charge in [-0.15, -0.1) is 0 Å². The van der Waals surface area contributed by atoms with Gasteiger partial charge in [0.25, 0.3) is 0 Å². The molecule has 9 heteroatoms. The molecule has 0 amide bonds. The molecule has 0 radical (unpaired) electrons. The molecule has 0 aliphatic carbocycles. The lowest BCUT2D eigenvalue weighted by atomic mass is 10.1. The van der Waals surface area contributed by atoms with Crippen LogP contribution in [-0.2, 0) is 23.6 Å². The van der Waals surface area contributed by atoms with Crippen LogP contribution >= 0.6 is 12.2 Å². The Balaban J connectivity index is 1.42. The third-order valence-electron chi connectivity index (χ3n) is 5.50. The van der Waals surface area contributed by atoms with Crippen LogP contribution in [0.3, 0.4) is 0 Å². The van der Waals surface area contributed by atoms with Crippen LogP contribution in [0.15, 0.2) is 30.3 Å². The second-order valence-corrected chi connectivity index (χ2v) is 9.98. The van der Waals surface area contributed by atoms with E-state index in [4.69, 9.17) is 12.2 Å². The van der Waals surface area contributed by atoms with Crippen LogP contribution in [0.5, 0.6) is 0 Å². The van der Waals surface area contributed by atoms with Crippen molar-refractivity contribution in [3.8, 4) is 0 Å². The summed E-state index contributed by atoms with van der Waals surface area (Å²) in [6, 6.07) is 10.5. The fourth-order valence-corrected chi connectivity index (χ4v) is 5.86. The first-order valence-corrected chi connectivity index (χ1v) is 11.5. The zero-order chi connectivity index (χ0) is 19.0. The Morgan fingerprint density at radius 1 is 1.15 bits per heavy atom. The minimum atomic E-state index is -2.94. The zero-order valence-electron chi connectivity index (χ0n) is 15.5. The van der Waals surface area contributed by atoms with E-state index in [-0.39, 0.29) is 17.4 Å². The van der Waals surface area contributed by atoms with Crippen LogP contribution < -0.4 is 4.90 Å². The second kappa shape index (κ2) is 7.37. The quantitative estimate of drug-likeness (QED) is 0.718. The van der Waals surface area contributed by atoms with Crippen molar-refractivity contribution in [2.24, 2.45) is 7.05 Å². The molecule has 0 saturated carbocycles. The van der Waals surface area contributed by atoms with Crippen LogP contribution in [0, 0.1) is 4.77 Å². The fourth-order valence-electron chi connectivity index (χ4n) is 3.93. The minimum absolute atomic E-state index is 0.0436. The molecule has 2 saturated heterocycles. The molecule has 1 atom stereocenters. The second-order valence-electron chi connectivity index (χ2n) is 7.38. The zero-order valence-corrected chi connectivity index (χ0v) is 17.1. The van der Waals surface area contributed by atoms with E-state index in [1.54, 1.807) is 0 Å².